The SMILES string of the molecule is Cc1cc(N2CCC3(CC2)[C@@H](C(=O)O)CC(=O)N3C)ccn1. The molecule has 1 aromatic heterocycles. The molecular formula is C16H21N3O3. The van der Waals surface area contributed by atoms with E-state index >= 15 is 0 Å². The maximum Gasteiger partial charge on any atom is 0.309 e. The fourth-order valence-electron chi connectivity index (χ4n) is 3.86. The van der Waals surface area contributed by atoms with Gasteiger partial charge in [-0.2, -0.15) is 0 Å². The lowest BCUT2D eigenvalue weighted by Gasteiger charge is -2.46. The maximum absolute atomic E-state index is 12.0. The molecule has 3 rings (SSSR count). The molecule has 0 unspecified atom stereocenters. The molecule has 6 nitrogen and oxygen atoms in total. The number of rotatable bonds is 2. The lowest BCUT2D eigenvalue weighted by Crippen LogP contribution is -2.56. The van der Waals surface area contributed by atoms with Gasteiger partial charge in [0.15, 0.2) is 0 Å². The summed E-state index contributed by atoms with van der Waals surface area (Å²) < 4.78 is 0. The second-order valence-corrected chi connectivity index (χ2v) is 6.29. The van der Waals surface area contributed by atoms with Crippen molar-refractivity contribution in [3.05, 3.63) is 24.0 Å². The molecular weight excluding hydrogens is 282 g/mol. The van der Waals surface area contributed by atoms with Crippen LogP contribution in [0.5, 0.6) is 0 Å². The van der Waals surface area contributed by atoms with Crippen LogP contribution >= 0.6 is 0 Å². The smallest absolute Gasteiger partial charge is 0.309 e. The number of carbonyl (C=O) groups excluding carboxylic acids is 1. The normalized spacial score (nSPS) is 24.1. The summed E-state index contributed by atoms with van der Waals surface area (Å²) in [5, 5.41) is 9.48. The second kappa shape index (κ2) is 5.26. The zero-order chi connectivity index (χ0) is 15.9. The number of hydrogen-bond acceptors (Lipinski definition) is 4. The van der Waals surface area contributed by atoms with Crippen molar-refractivity contribution in [1.29, 1.82) is 0 Å². The average Bonchev–Trinajstić information content (AvgIpc) is 2.74. The van der Waals surface area contributed by atoms with Crippen molar-refractivity contribution in [2.75, 3.05) is 25.0 Å². The Balaban J connectivity index is 1.80. The summed E-state index contributed by atoms with van der Waals surface area (Å²) in [4.78, 5) is 31.7. The van der Waals surface area contributed by atoms with E-state index in [0.717, 1.165) is 24.5 Å². The van der Waals surface area contributed by atoms with E-state index in [2.05, 4.69) is 9.88 Å². The fourth-order valence-corrected chi connectivity index (χ4v) is 3.86. The lowest BCUT2D eigenvalue weighted by atomic mass is 9.77. The highest BCUT2D eigenvalue weighted by Gasteiger charge is 2.55. The van der Waals surface area contributed by atoms with Gasteiger partial charge in [0.05, 0.1) is 11.5 Å². The monoisotopic (exact) mass is 303 g/mol. The number of aliphatic carboxylic acids is 1. The van der Waals surface area contributed by atoms with Gasteiger partial charge in [-0.1, -0.05) is 0 Å². The average molecular weight is 303 g/mol. The van der Waals surface area contributed by atoms with Gasteiger partial charge in [-0.25, -0.2) is 0 Å². The zero-order valence-corrected chi connectivity index (χ0v) is 13.0. The molecule has 22 heavy (non-hydrogen) atoms. The Kier molecular flexibility index (Phi) is 3.54. The number of hydrogen-bond donors (Lipinski definition) is 1. The molecule has 2 aliphatic rings. The molecule has 6 heteroatoms. The van der Waals surface area contributed by atoms with Crippen LogP contribution in [0.15, 0.2) is 18.3 Å². The van der Waals surface area contributed by atoms with Crippen molar-refractivity contribution in [2.24, 2.45) is 5.92 Å². The number of carbonyl (C=O) groups is 2. The number of nitrogens with zero attached hydrogens (tertiary/aromatic N) is 3. The van der Waals surface area contributed by atoms with Crippen molar-refractivity contribution in [3.8, 4) is 0 Å². The molecule has 2 aliphatic heterocycles. The molecule has 1 aromatic rings. The van der Waals surface area contributed by atoms with E-state index in [1.807, 2.05) is 19.1 Å². The van der Waals surface area contributed by atoms with E-state index in [4.69, 9.17) is 0 Å². The number of likely N-dealkylation sites (tertiary alicyclic amines) is 1. The Hall–Kier alpha value is -2.11. The van der Waals surface area contributed by atoms with Crippen LogP contribution in [0.4, 0.5) is 5.69 Å². The first-order valence-corrected chi connectivity index (χ1v) is 7.61. The maximum atomic E-state index is 12.0. The highest BCUT2D eigenvalue weighted by atomic mass is 16.4. The highest BCUT2D eigenvalue weighted by molar-refractivity contribution is 5.88. The number of amides is 1. The molecule has 1 atom stereocenters. The second-order valence-electron chi connectivity index (χ2n) is 6.29. The summed E-state index contributed by atoms with van der Waals surface area (Å²) in [5.41, 5.74) is 1.55. The van der Waals surface area contributed by atoms with E-state index in [1.54, 1.807) is 18.1 Å². The van der Waals surface area contributed by atoms with Crippen LogP contribution in [0.1, 0.15) is 25.0 Å². The number of aryl methyl sites for hydroxylation is 1. The van der Waals surface area contributed by atoms with Gasteiger partial charge < -0.3 is 14.9 Å². The largest absolute Gasteiger partial charge is 0.481 e. The Bertz CT molecular complexity index is 608. The number of aromatic nitrogens is 1. The first kappa shape index (κ1) is 14.8. The Morgan fingerprint density at radius 1 is 1.41 bits per heavy atom. The van der Waals surface area contributed by atoms with Crippen LogP contribution in [-0.2, 0) is 9.59 Å². The predicted octanol–water partition coefficient (Wildman–Crippen LogP) is 1.29. The van der Waals surface area contributed by atoms with E-state index < -0.39 is 17.4 Å². The standard InChI is InChI=1S/C16H21N3O3/c1-11-9-12(3-6-17-11)19-7-4-16(5-8-19)13(15(21)22)10-14(20)18(16)2/h3,6,9,13H,4-5,7-8,10H2,1-2H3,(H,21,22)/t13-/m1/s1. The van der Waals surface area contributed by atoms with Crippen molar-refractivity contribution < 1.29 is 14.7 Å². The molecule has 0 bridgehead atoms. The molecule has 1 amide bonds. The van der Waals surface area contributed by atoms with E-state index in [-0.39, 0.29) is 12.3 Å². The molecule has 1 spiro atoms. The Morgan fingerprint density at radius 3 is 2.68 bits per heavy atom. The third-order valence-electron chi connectivity index (χ3n) is 5.24. The Labute approximate surface area is 129 Å². The molecule has 2 fully saturated rings. The molecule has 0 radical (unpaired) electrons. The zero-order valence-electron chi connectivity index (χ0n) is 13.0. The van der Waals surface area contributed by atoms with Gasteiger partial charge in [-0.15, -0.1) is 0 Å². The van der Waals surface area contributed by atoms with E-state index in [0.29, 0.717) is 12.8 Å². The summed E-state index contributed by atoms with van der Waals surface area (Å²) in [6.45, 7) is 3.47. The van der Waals surface area contributed by atoms with Crippen molar-refractivity contribution in [1.82, 2.24) is 9.88 Å². The predicted molar refractivity (Wildman–Crippen MR) is 81.7 cm³/mol. The van der Waals surface area contributed by atoms with Gasteiger partial charge >= 0.3 is 5.97 Å². The van der Waals surface area contributed by atoms with Crippen molar-refractivity contribution in [3.63, 3.8) is 0 Å². The summed E-state index contributed by atoms with van der Waals surface area (Å²) in [7, 11) is 1.75. The number of pyridine rings is 1. The number of carboxylic acid groups (broad SMARTS) is 1. The topological polar surface area (TPSA) is 73.7 Å². The van der Waals surface area contributed by atoms with Crippen LogP contribution in [0.3, 0.4) is 0 Å². The van der Waals surface area contributed by atoms with Gasteiger partial charge in [0, 0.05) is 44.1 Å². The summed E-state index contributed by atoms with van der Waals surface area (Å²) in [6.07, 6.45) is 3.29. The minimum atomic E-state index is -0.856. The Morgan fingerprint density at radius 2 is 2.09 bits per heavy atom. The van der Waals surface area contributed by atoms with Gasteiger partial charge in [-0.05, 0) is 31.9 Å². The van der Waals surface area contributed by atoms with Gasteiger partial charge in [0.25, 0.3) is 0 Å². The molecule has 3 heterocycles. The lowest BCUT2D eigenvalue weighted by molar-refractivity contribution is -0.145. The fraction of sp³-hybridized carbons (Fsp3) is 0.562. The van der Waals surface area contributed by atoms with E-state index in [1.165, 1.54) is 0 Å². The molecule has 0 saturated carbocycles. The van der Waals surface area contributed by atoms with Crippen LogP contribution in [0.25, 0.3) is 0 Å². The minimum Gasteiger partial charge on any atom is -0.481 e. The first-order chi connectivity index (χ1) is 10.4. The van der Waals surface area contributed by atoms with Gasteiger partial charge in [-0.3, -0.25) is 14.6 Å². The van der Waals surface area contributed by atoms with Crippen molar-refractivity contribution in [2.45, 2.75) is 31.7 Å². The molecule has 1 N–H and O–H groups in total. The third-order valence-corrected chi connectivity index (χ3v) is 5.24. The minimum absolute atomic E-state index is 0.0550. The third kappa shape index (κ3) is 2.23. The molecule has 2 saturated heterocycles. The number of anilines is 1. The molecule has 0 aromatic carbocycles. The highest BCUT2D eigenvalue weighted by Crippen LogP contribution is 2.43. The molecule has 118 valence electrons. The van der Waals surface area contributed by atoms with Gasteiger partial charge in [0.2, 0.25) is 5.91 Å². The van der Waals surface area contributed by atoms with E-state index in [9.17, 15) is 14.7 Å². The van der Waals surface area contributed by atoms with Crippen LogP contribution in [0, 0.1) is 12.8 Å². The number of piperidine rings is 1. The van der Waals surface area contributed by atoms with Crippen LogP contribution < -0.4 is 4.90 Å². The van der Waals surface area contributed by atoms with Crippen molar-refractivity contribution >= 4 is 17.6 Å². The molecule has 0 aliphatic carbocycles. The first-order valence-electron chi connectivity index (χ1n) is 7.61. The summed E-state index contributed by atoms with van der Waals surface area (Å²) >= 11 is 0. The summed E-state index contributed by atoms with van der Waals surface area (Å²) in [5.74, 6) is -1.50. The van der Waals surface area contributed by atoms with Crippen LogP contribution in [-0.4, -0.2) is 52.5 Å². The van der Waals surface area contributed by atoms with Crippen LogP contribution in [0.2, 0.25) is 0 Å². The quantitative estimate of drug-likeness (QED) is 0.891. The van der Waals surface area contributed by atoms with Gasteiger partial charge in [0.1, 0.15) is 0 Å². The number of carboxylic acids is 1. The summed E-state index contributed by atoms with van der Waals surface area (Å²) in [6, 6.07) is 4.01.